The molecule has 158 valence electrons. The molecule has 9 nitrogen and oxygen atoms in total. The van der Waals surface area contributed by atoms with Crippen molar-refractivity contribution in [3.05, 3.63) is 54.0 Å². The minimum atomic E-state index is -1.93. The van der Waals surface area contributed by atoms with Gasteiger partial charge in [0.15, 0.2) is 17.4 Å². The largest absolute Gasteiger partial charge is 0.469 e. The summed E-state index contributed by atoms with van der Waals surface area (Å²) in [5, 5.41) is 3.46. The van der Waals surface area contributed by atoms with Gasteiger partial charge in [-0.1, -0.05) is 12.1 Å². The lowest BCUT2D eigenvalue weighted by Gasteiger charge is -2.33. The molecule has 1 saturated heterocycles. The number of carbonyl (C=O) groups excluding carboxylic acids is 3. The van der Waals surface area contributed by atoms with Gasteiger partial charge < -0.3 is 25.6 Å². The van der Waals surface area contributed by atoms with E-state index in [1.54, 1.807) is 41.3 Å². The number of furan rings is 1. The van der Waals surface area contributed by atoms with Crippen molar-refractivity contribution in [2.24, 2.45) is 16.7 Å². The van der Waals surface area contributed by atoms with Crippen LogP contribution < -0.4 is 16.5 Å². The van der Waals surface area contributed by atoms with Crippen LogP contribution in [0.1, 0.15) is 31.1 Å². The number of amides is 1. The molecule has 1 aliphatic heterocycles. The maximum absolute atomic E-state index is 12.9. The summed E-state index contributed by atoms with van der Waals surface area (Å²) in [6.07, 6.45) is 2.74. The van der Waals surface area contributed by atoms with E-state index in [9.17, 15) is 14.4 Å². The van der Waals surface area contributed by atoms with Crippen LogP contribution in [-0.2, 0) is 25.5 Å². The van der Waals surface area contributed by atoms with Gasteiger partial charge in [-0.05, 0) is 49.6 Å². The van der Waals surface area contributed by atoms with Crippen LogP contribution in [0.25, 0.3) is 0 Å². The van der Waals surface area contributed by atoms with Crippen molar-refractivity contribution >= 4 is 29.6 Å². The quantitative estimate of drug-likeness (QED) is 0.228. The number of Topliss-reactive ketones (excluding diaryl/α,β-unsaturated/α-hetero) is 1. The first-order chi connectivity index (χ1) is 14.3. The van der Waals surface area contributed by atoms with Crippen LogP contribution in [0.5, 0.6) is 0 Å². The number of benzene rings is 1. The second kappa shape index (κ2) is 8.91. The van der Waals surface area contributed by atoms with Crippen LogP contribution in [0.15, 0.2) is 52.2 Å². The van der Waals surface area contributed by atoms with Gasteiger partial charge >= 0.3 is 5.97 Å². The number of rotatable bonds is 7. The Kier molecular flexibility index (Phi) is 6.31. The van der Waals surface area contributed by atoms with E-state index in [0.29, 0.717) is 30.8 Å². The van der Waals surface area contributed by atoms with E-state index in [1.165, 1.54) is 19.4 Å². The van der Waals surface area contributed by atoms with Gasteiger partial charge in [0.1, 0.15) is 5.76 Å². The number of anilines is 1. The topological polar surface area (TPSA) is 141 Å². The summed E-state index contributed by atoms with van der Waals surface area (Å²) in [6.45, 7) is 1.70. The summed E-state index contributed by atoms with van der Waals surface area (Å²) in [7, 11) is 0. The van der Waals surface area contributed by atoms with E-state index in [2.05, 4.69) is 5.10 Å². The monoisotopic (exact) mass is 412 g/mol. The molecular formula is C21H24N4O5. The van der Waals surface area contributed by atoms with Gasteiger partial charge in [0.05, 0.1) is 12.5 Å². The second-order valence-electron chi connectivity index (χ2n) is 7.18. The number of ketones is 1. The van der Waals surface area contributed by atoms with Gasteiger partial charge in [-0.15, -0.1) is 0 Å². The average molecular weight is 412 g/mol. The summed E-state index contributed by atoms with van der Waals surface area (Å²) in [5.41, 5.74) is 5.63. The first-order valence-corrected chi connectivity index (χ1v) is 9.53. The zero-order valence-electron chi connectivity index (χ0n) is 16.6. The van der Waals surface area contributed by atoms with E-state index >= 15 is 0 Å². The minimum absolute atomic E-state index is 0.150. The molecule has 2 atom stereocenters. The van der Waals surface area contributed by atoms with Gasteiger partial charge in [0, 0.05) is 18.7 Å². The van der Waals surface area contributed by atoms with E-state index in [1.807, 2.05) is 0 Å². The average Bonchev–Trinajstić information content (AvgIpc) is 3.23. The van der Waals surface area contributed by atoms with Crippen molar-refractivity contribution < 1.29 is 23.5 Å². The van der Waals surface area contributed by atoms with Crippen molar-refractivity contribution in [1.29, 1.82) is 0 Å². The fraction of sp³-hybridized carbons (Fsp3) is 0.333. The zero-order valence-corrected chi connectivity index (χ0v) is 16.6. The highest BCUT2D eigenvalue weighted by atomic mass is 16.6. The lowest BCUT2D eigenvalue weighted by Crippen LogP contribution is -2.58. The summed E-state index contributed by atoms with van der Waals surface area (Å²) in [6, 6.07) is 10.3. The minimum Gasteiger partial charge on any atom is -0.469 e. The van der Waals surface area contributed by atoms with Crippen LogP contribution in [0.3, 0.4) is 0 Å². The predicted octanol–water partition coefficient (Wildman–Crippen LogP) is 1.14. The Morgan fingerprint density at radius 3 is 2.67 bits per heavy atom. The molecule has 2 heterocycles. The highest BCUT2D eigenvalue weighted by Gasteiger charge is 2.44. The molecule has 0 saturated carbocycles. The maximum Gasteiger partial charge on any atom is 0.335 e. The van der Waals surface area contributed by atoms with Crippen molar-refractivity contribution in [1.82, 2.24) is 0 Å². The molecule has 1 aliphatic rings. The predicted molar refractivity (Wildman–Crippen MR) is 110 cm³/mol. The molecule has 0 radical (unpaired) electrons. The Morgan fingerprint density at radius 2 is 2.07 bits per heavy atom. The van der Waals surface area contributed by atoms with Gasteiger partial charge in [-0.25, -0.2) is 4.79 Å². The highest BCUT2D eigenvalue weighted by Crippen LogP contribution is 2.25. The first kappa shape index (κ1) is 21.3. The number of piperidine rings is 1. The van der Waals surface area contributed by atoms with E-state index < -0.39 is 23.4 Å². The van der Waals surface area contributed by atoms with Gasteiger partial charge in [0.2, 0.25) is 0 Å². The Hall–Kier alpha value is -3.46. The van der Waals surface area contributed by atoms with Gasteiger partial charge in [-0.3, -0.25) is 9.59 Å². The highest BCUT2D eigenvalue weighted by molar-refractivity contribution is 6.08. The maximum atomic E-state index is 12.9. The Morgan fingerprint density at radius 1 is 1.33 bits per heavy atom. The lowest BCUT2D eigenvalue weighted by atomic mass is 9.90. The van der Waals surface area contributed by atoms with E-state index in [0.717, 1.165) is 5.56 Å². The number of ether oxygens (including phenoxy) is 1. The molecule has 2 unspecified atom stereocenters. The molecule has 1 aromatic heterocycles. The molecule has 1 fully saturated rings. The molecule has 2 aromatic rings. The molecule has 1 aromatic carbocycles. The molecule has 9 heteroatoms. The second-order valence-corrected chi connectivity index (χ2v) is 7.18. The molecular weight excluding hydrogens is 388 g/mol. The third-order valence-corrected chi connectivity index (χ3v) is 5.09. The van der Waals surface area contributed by atoms with E-state index in [4.69, 9.17) is 20.7 Å². The number of hydrazone groups is 1. The van der Waals surface area contributed by atoms with Crippen molar-refractivity contribution in [2.75, 3.05) is 11.4 Å². The summed E-state index contributed by atoms with van der Waals surface area (Å²) < 4.78 is 10.6. The Bertz CT molecular complexity index is 939. The number of carbonyl (C=O) groups is 3. The lowest BCUT2D eigenvalue weighted by molar-refractivity contribution is -0.163. The normalized spacial score (nSPS) is 18.9. The van der Waals surface area contributed by atoms with Crippen LogP contribution >= 0.6 is 0 Å². The Balaban J connectivity index is 1.74. The fourth-order valence-corrected chi connectivity index (χ4v) is 3.30. The molecule has 0 aliphatic carbocycles. The van der Waals surface area contributed by atoms with Crippen LogP contribution in [0.2, 0.25) is 0 Å². The molecule has 0 bridgehead atoms. The number of hydrogen-bond donors (Lipinski definition) is 2. The molecule has 0 spiro atoms. The van der Waals surface area contributed by atoms with Gasteiger partial charge in [0.25, 0.3) is 5.91 Å². The molecule has 3 rings (SSSR count). The first-order valence-electron chi connectivity index (χ1n) is 9.53. The standard InChI is InChI=1S/C21H24N4O5/c1-14(26)21(22,12-17-4-3-11-29-17)20(28)30-18-5-2-10-25(19(18)27)16-8-6-15(7-9-16)13-24-23/h3-4,6-9,11,13,18H,2,5,10,12,22-23H2,1H3. The number of nitrogens with two attached hydrogens (primary N) is 2. The van der Waals surface area contributed by atoms with Crippen LogP contribution in [-0.4, -0.2) is 42.1 Å². The summed E-state index contributed by atoms with van der Waals surface area (Å²) in [5.74, 6) is 3.65. The van der Waals surface area contributed by atoms with Gasteiger partial charge in [-0.2, -0.15) is 5.10 Å². The molecule has 30 heavy (non-hydrogen) atoms. The van der Waals surface area contributed by atoms with E-state index in [-0.39, 0.29) is 12.3 Å². The van der Waals surface area contributed by atoms with Crippen molar-refractivity contribution in [2.45, 2.75) is 37.8 Å². The van der Waals surface area contributed by atoms with Crippen LogP contribution in [0.4, 0.5) is 5.69 Å². The third kappa shape index (κ3) is 4.41. The summed E-state index contributed by atoms with van der Waals surface area (Å²) >= 11 is 0. The molecule has 1 amide bonds. The third-order valence-electron chi connectivity index (χ3n) is 5.09. The van der Waals surface area contributed by atoms with Crippen molar-refractivity contribution in [3.8, 4) is 0 Å². The van der Waals surface area contributed by atoms with Crippen molar-refractivity contribution in [3.63, 3.8) is 0 Å². The zero-order chi connectivity index (χ0) is 21.7. The number of hydrogen-bond acceptors (Lipinski definition) is 8. The Labute approximate surface area is 173 Å². The number of esters is 1. The smallest absolute Gasteiger partial charge is 0.335 e. The summed E-state index contributed by atoms with van der Waals surface area (Å²) in [4.78, 5) is 39.4. The fourth-order valence-electron chi connectivity index (χ4n) is 3.30. The number of nitrogens with zero attached hydrogens (tertiary/aromatic N) is 2. The van der Waals surface area contributed by atoms with Crippen LogP contribution in [0, 0.1) is 0 Å². The SMILES string of the molecule is CC(=O)C(N)(Cc1ccco1)C(=O)OC1CCCN(c2ccc(C=NN)cc2)C1=O. The molecule has 4 N–H and O–H groups in total.